The largest absolute Gasteiger partial charge is 0.506 e. The van der Waals surface area contributed by atoms with Crippen LogP contribution in [0.15, 0.2) is 30.3 Å². The van der Waals surface area contributed by atoms with E-state index in [4.69, 9.17) is 0 Å². The molecular weight excluding hydrogens is 262 g/mol. The average Bonchev–Trinajstić information content (AvgIpc) is 2.52. The molecule has 3 heteroatoms. The van der Waals surface area contributed by atoms with Gasteiger partial charge in [0, 0.05) is 11.4 Å². The lowest BCUT2D eigenvalue weighted by molar-refractivity contribution is 0.0925. The molecular formula is C18H21NO2. The van der Waals surface area contributed by atoms with Crippen molar-refractivity contribution in [2.24, 2.45) is 0 Å². The van der Waals surface area contributed by atoms with Gasteiger partial charge in [0.1, 0.15) is 5.75 Å². The van der Waals surface area contributed by atoms with Crippen molar-refractivity contribution < 1.29 is 9.90 Å². The highest BCUT2D eigenvalue weighted by Crippen LogP contribution is 2.31. The summed E-state index contributed by atoms with van der Waals surface area (Å²) in [5.74, 6) is -0.0715. The van der Waals surface area contributed by atoms with E-state index in [1.165, 1.54) is 19.3 Å². The molecule has 3 rings (SSSR count). The topological polar surface area (TPSA) is 49.3 Å². The molecule has 1 saturated carbocycles. The third-order valence-electron chi connectivity index (χ3n) is 4.41. The molecule has 0 atom stereocenters. The van der Waals surface area contributed by atoms with Gasteiger partial charge < -0.3 is 10.4 Å². The molecule has 2 aromatic carbocycles. The molecule has 2 N–H and O–H groups in total. The van der Waals surface area contributed by atoms with E-state index < -0.39 is 0 Å². The van der Waals surface area contributed by atoms with Crippen molar-refractivity contribution in [2.75, 3.05) is 0 Å². The third kappa shape index (κ3) is 2.73. The minimum absolute atomic E-state index is 0.0875. The second-order valence-electron chi connectivity index (χ2n) is 5.94. The predicted octanol–water partition coefficient (Wildman–Crippen LogP) is 3.92. The molecule has 0 aliphatic heterocycles. The fourth-order valence-corrected chi connectivity index (χ4v) is 3.22. The second kappa shape index (κ2) is 5.76. The SMILES string of the molecule is Cc1cc(C(=O)NC2CCCCC2)c(O)c2ccccc12. The molecule has 1 amide bonds. The number of aryl methyl sites for hydroxylation is 1. The van der Waals surface area contributed by atoms with Gasteiger partial charge in [-0.3, -0.25) is 4.79 Å². The summed E-state index contributed by atoms with van der Waals surface area (Å²) in [7, 11) is 0. The molecule has 0 spiro atoms. The summed E-state index contributed by atoms with van der Waals surface area (Å²) >= 11 is 0. The Balaban J connectivity index is 1.92. The first-order valence-corrected chi connectivity index (χ1v) is 7.69. The van der Waals surface area contributed by atoms with Crippen LogP contribution in [-0.4, -0.2) is 17.1 Å². The Morgan fingerprint density at radius 2 is 1.81 bits per heavy atom. The molecule has 2 aromatic rings. The molecule has 0 aromatic heterocycles. The maximum absolute atomic E-state index is 12.5. The monoisotopic (exact) mass is 283 g/mol. The zero-order valence-corrected chi connectivity index (χ0v) is 12.4. The molecule has 0 saturated heterocycles. The molecule has 0 radical (unpaired) electrons. The number of rotatable bonds is 2. The number of phenolic OH excluding ortho intramolecular Hbond substituents is 1. The third-order valence-corrected chi connectivity index (χ3v) is 4.41. The van der Waals surface area contributed by atoms with Crippen molar-refractivity contribution >= 4 is 16.7 Å². The standard InChI is InChI=1S/C18H21NO2/c1-12-11-16(17(20)15-10-6-5-9-14(12)15)18(21)19-13-7-3-2-4-8-13/h5-6,9-11,13,20H,2-4,7-8H2,1H3,(H,19,21). The van der Waals surface area contributed by atoms with Crippen LogP contribution >= 0.6 is 0 Å². The van der Waals surface area contributed by atoms with E-state index in [2.05, 4.69) is 5.32 Å². The van der Waals surface area contributed by atoms with Crippen molar-refractivity contribution in [1.29, 1.82) is 0 Å². The van der Waals surface area contributed by atoms with E-state index in [9.17, 15) is 9.90 Å². The van der Waals surface area contributed by atoms with Gasteiger partial charge in [-0.1, -0.05) is 43.5 Å². The van der Waals surface area contributed by atoms with Crippen LogP contribution in [0.3, 0.4) is 0 Å². The Hall–Kier alpha value is -2.03. The molecule has 1 aliphatic rings. The van der Waals surface area contributed by atoms with E-state index in [0.29, 0.717) is 5.56 Å². The van der Waals surface area contributed by atoms with Crippen molar-refractivity contribution in [3.8, 4) is 5.75 Å². The van der Waals surface area contributed by atoms with Gasteiger partial charge in [-0.2, -0.15) is 0 Å². The first-order valence-electron chi connectivity index (χ1n) is 7.69. The lowest BCUT2D eigenvalue weighted by Gasteiger charge is -2.23. The Kier molecular flexibility index (Phi) is 3.82. The number of aromatic hydroxyl groups is 1. The fraction of sp³-hybridized carbons (Fsp3) is 0.389. The Morgan fingerprint density at radius 1 is 1.14 bits per heavy atom. The van der Waals surface area contributed by atoms with Gasteiger partial charge in [-0.05, 0) is 36.8 Å². The number of benzene rings is 2. The molecule has 0 bridgehead atoms. The van der Waals surface area contributed by atoms with Crippen molar-refractivity contribution in [2.45, 2.75) is 45.1 Å². The van der Waals surface area contributed by atoms with Crippen molar-refractivity contribution in [1.82, 2.24) is 5.32 Å². The summed E-state index contributed by atoms with van der Waals surface area (Å²) in [5, 5.41) is 15.2. The smallest absolute Gasteiger partial charge is 0.255 e. The predicted molar refractivity (Wildman–Crippen MR) is 84.7 cm³/mol. The van der Waals surface area contributed by atoms with E-state index in [1.54, 1.807) is 6.07 Å². The van der Waals surface area contributed by atoms with Gasteiger partial charge in [-0.15, -0.1) is 0 Å². The van der Waals surface area contributed by atoms with Crippen LogP contribution in [0.1, 0.15) is 48.0 Å². The van der Waals surface area contributed by atoms with Gasteiger partial charge >= 0.3 is 0 Å². The molecule has 0 unspecified atom stereocenters. The Bertz CT molecular complexity index is 672. The van der Waals surface area contributed by atoms with Gasteiger partial charge in [0.2, 0.25) is 0 Å². The number of amides is 1. The van der Waals surface area contributed by atoms with Crippen LogP contribution < -0.4 is 5.32 Å². The number of fused-ring (bicyclic) bond motifs is 1. The molecule has 110 valence electrons. The van der Waals surface area contributed by atoms with Gasteiger partial charge in [0.15, 0.2) is 0 Å². The van der Waals surface area contributed by atoms with Gasteiger partial charge in [0.25, 0.3) is 5.91 Å². The lowest BCUT2D eigenvalue weighted by Crippen LogP contribution is -2.36. The maximum Gasteiger partial charge on any atom is 0.255 e. The zero-order valence-electron chi connectivity index (χ0n) is 12.4. The number of carbonyl (C=O) groups excluding carboxylic acids is 1. The van der Waals surface area contributed by atoms with Gasteiger partial charge in [-0.25, -0.2) is 0 Å². The quantitative estimate of drug-likeness (QED) is 0.877. The lowest BCUT2D eigenvalue weighted by atomic mass is 9.94. The molecule has 0 heterocycles. The Morgan fingerprint density at radius 3 is 2.52 bits per heavy atom. The molecule has 21 heavy (non-hydrogen) atoms. The molecule has 3 nitrogen and oxygen atoms in total. The first-order chi connectivity index (χ1) is 10.2. The van der Waals surface area contributed by atoms with E-state index in [0.717, 1.165) is 29.2 Å². The van der Waals surface area contributed by atoms with Crippen LogP contribution in [0.5, 0.6) is 5.75 Å². The fourth-order valence-electron chi connectivity index (χ4n) is 3.22. The van der Waals surface area contributed by atoms with Crippen LogP contribution in [0.25, 0.3) is 10.8 Å². The highest BCUT2D eigenvalue weighted by molar-refractivity contribution is 6.04. The molecule has 1 fully saturated rings. The average molecular weight is 283 g/mol. The summed E-state index contributed by atoms with van der Waals surface area (Å²) in [5.41, 5.74) is 1.40. The van der Waals surface area contributed by atoms with E-state index in [1.807, 2.05) is 31.2 Å². The number of carbonyl (C=O) groups is 1. The van der Waals surface area contributed by atoms with E-state index >= 15 is 0 Å². The summed E-state index contributed by atoms with van der Waals surface area (Å²) in [4.78, 5) is 12.5. The highest BCUT2D eigenvalue weighted by atomic mass is 16.3. The van der Waals surface area contributed by atoms with Crippen molar-refractivity contribution in [3.05, 3.63) is 41.5 Å². The minimum atomic E-state index is -0.159. The summed E-state index contributed by atoms with van der Waals surface area (Å²) in [6, 6.07) is 9.68. The summed E-state index contributed by atoms with van der Waals surface area (Å²) < 4.78 is 0. The van der Waals surface area contributed by atoms with Crippen LogP contribution in [-0.2, 0) is 0 Å². The summed E-state index contributed by atoms with van der Waals surface area (Å²) in [6.45, 7) is 1.97. The number of phenols is 1. The van der Waals surface area contributed by atoms with Crippen LogP contribution in [0.4, 0.5) is 0 Å². The zero-order chi connectivity index (χ0) is 14.8. The first kappa shape index (κ1) is 13.9. The maximum atomic E-state index is 12.5. The van der Waals surface area contributed by atoms with Crippen molar-refractivity contribution in [3.63, 3.8) is 0 Å². The Labute approximate surface area is 125 Å². The van der Waals surface area contributed by atoms with E-state index in [-0.39, 0.29) is 17.7 Å². The van der Waals surface area contributed by atoms with Gasteiger partial charge in [0.05, 0.1) is 5.56 Å². The van der Waals surface area contributed by atoms with Crippen LogP contribution in [0.2, 0.25) is 0 Å². The van der Waals surface area contributed by atoms with Crippen LogP contribution in [0, 0.1) is 6.92 Å². The number of nitrogens with one attached hydrogen (secondary N) is 1. The highest BCUT2D eigenvalue weighted by Gasteiger charge is 2.20. The molecule has 1 aliphatic carbocycles. The minimum Gasteiger partial charge on any atom is -0.506 e. The number of hydrogen-bond acceptors (Lipinski definition) is 2. The number of hydrogen-bond donors (Lipinski definition) is 2. The normalized spacial score (nSPS) is 16.0. The summed E-state index contributed by atoms with van der Waals surface area (Å²) in [6.07, 6.45) is 5.69. The second-order valence-corrected chi connectivity index (χ2v) is 5.94.